The Morgan fingerprint density at radius 2 is 1.64 bits per heavy atom. The molecule has 2 fully saturated rings. The summed E-state index contributed by atoms with van der Waals surface area (Å²) in [7, 11) is 0. The molecule has 6 nitrogen and oxygen atoms in total. The smallest absolute Gasteiger partial charge is 0.227 e. The number of nitrogens with zero attached hydrogens (tertiary/aromatic N) is 5. The van der Waals surface area contributed by atoms with Crippen molar-refractivity contribution < 1.29 is 4.74 Å². The maximum absolute atomic E-state index is 5.43. The molecule has 0 N–H and O–H groups in total. The molecular weight excluding hydrogens is 314 g/mol. The SMILES string of the molecule is Cc1cccc(N2CCN(c3nccc(N4CCOCC4)n3)CC2)c1. The van der Waals surface area contributed by atoms with Crippen molar-refractivity contribution >= 4 is 17.5 Å². The topological polar surface area (TPSA) is 44.7 Å². The van der Waals surface area contributed by atoms with Crippen molar-refractivity contribution in [3.05, 3.63) is 42.1 Å². The number of rotatable bonds is 3. The Morgan fingerprint density at radius 3 is 2.40 bits per heavy atom. The first-order valence-electron chi connectivity index (χ1n) is 9.02. The van der Waals surface area contributed by atoms with E-state index in [2.05, 4.69) is 50.9 Å². The largest absolute Gasteiger partial charge is 0.378 e. The van der Waals surface area contributed by atoms with Crippen molar-refractivity contribution in [3.63, 3.8) is 0 Å². The number of benzene rings is 1. The monoisotopic (exact) mass is 339 g/mol. The number of piperazine rings is 1. The second-order valence-electron chi connectivity index (χ2n) is 6.63. The number of anilines is 3. The van der Waals surface area contributed by atoms with E-state index in [1.807, 2.05) is 12.3 Å². The van der Waals surface area contributed by atoms with E-state index in [1.54, 1.807) is 0 Å². The van der Waals surface area contributed by atoms with Gasteiger partial charge >= 0.3 is 0 Å². The van der Waals surface area contributed by atoms with Crippen molar-refractivity contribution in [2.75, 3.05) is 67.2 Å². The Hall–Kier alpha value is -2.34. The van der Waals surface area contributed by atoms with Crippen LogP contribution in [0.15, 0.2) is 36.5 Å². The van der Waals surface area contributed by atoms with Crippen LogP contribution in [0.3, 0.4) is 0 Å². The normalized spacial score (nSPS) is 18.5. The van der Waals surface area contributed by atoms with Gasteiger partial charge in [0.05, 0.1) is 13.2 Å². The average molecular weight is 339 g/mol. The van der Waals surface area contributed by atoms with E-state index in [-0.39, 0.29) is 0 Å². The highest BCUT2D eigenvalue weighted by molar-refractivity contribution is 5.51. The van der Waals surface area contributed by atoms with Gasteiger partial charge in [0.2, 0.25) is 5.95 Å². The third-order valence-corrected chi connectivity index (χ3v) is 4.89. The van der Waals surface area contributed by atoms with Gasteiger partial charge in [-0.3, -0.25) is 0 Å². The van der Waals surface area contributed by atoms with E-state index in [9.17, 15) is 0 Å². The zero-order valence-corrected chi connectivity index (χ0v) is 14.8. The van der Waals surface area contributed by atoms with Crippen molar-refractivity contribution in [1.29, 1.82) is 0 Å². The summed E-state index contributed by atoms with van der Waals surface area (Å²) in [5.74, 6) is 1.85. The first-order chi connectivity index (χ1) is 12.3. The number of morpholine rings is 1. The molecule has 0 aliphatic carbocycles. The maximum atomic E-state index is 5.43. The first-order valence-corrected chi connectivity index (χ1v) is 9.02. The molecule has 0 spiro atoms. The highest BCUT2D eigenvalue weighted by Gasteiger charge is 2.20. The number of aromatic nitrogens is 2. The van der Waals surface area contributed by atoms with Crippen LogP contribution < -0.4 is 14.7 Å². The Bertz CT molecular complexity index is 708. The Kier molecular flexibility index (Phi) is 4.70. The van der Waals surface area contributed by atoms with Crippen LogP contribution >= 0.6 is 0 Å². The summed E-state index contributed by atoms with van der Waals surface area (Å²) in [5, 5.41) is 0. The molecular formula is C19H25N5O. The number of aryl methyl sites for hydroxylation is 1. The van der Waals surface area contributed by atoms with E-state index in [0.717, 1.165) is 64.2 Å². The Labute approximate surface area is 149 Å². The summed E-state index contributed by atoms with van der Waals surface area (Å²) in [4.78, 5) is 16.3. The summed E-state index contributed by atoms with van der Waals surface area (Å²) in [6.07, 6.45) is 1.88. The Morgan fingerprint density at radius 1 is 0.880 bits per heavy atom. The molecule has 2 aliphatic heterocycles. The second kappa shape index (κ2) is 7.27. The summed E-state index contributed by atoms with van der Waals surface area (Å²) < 4.78 is 5.43. The lowest BCUT2D eigenvalue weighted by Gasteiger charge is -2.36. The lowest BCUT2D eigenvalue weighted by atomic mass is 10.2. The van der Waals surface area contributed by atoms with Gasteiger partial charge in [-0.05, 0) is 30.7 Å². The molecule has 6 heteroatoms. The fourth-order valence-electron chi connectivity index (χ4n) is 3.45. The van der Waals surface area contributed by atoms with E-state index >= 15 is 0 Å². The molecule has 0 unspecified atom stereocenters. The van der Waals surface area contributed by atoms with E-state index in [0.29, 0.717) is 0 Å². The second-order valence-corrected chi connectivity index (χ2v) is 6.63. The van der Waals surface area contributed by atoms with Gasteiger partial charge in [-0.25, -0.2) is 4.98 Å². The van der Waals surface area contributed by atoms with E-state index in [4.69, 9.17) is 9.72 Å². The van der Waals surface area contributed by atoms with Crippen molar-refractivity contribution in [2.24, 2.45) is 0 Å². The zero-order valence-electron chi connectivity index (χ0n) is 14.8. The molecule has 2 aromatic rings. The molecule has 1 aromatic carbocycles. The molecule has 25 heavy (non-hydrogen) atoms. The third kappa shape index (κ3) is 3.69. The zero-order chi connectivity index (χ0) is 17.1. The van der Waals surface area contributed by atoms with Crippen molar-refractivity contribution in [3.8, 4) is 0 Å². The van der Waals surface area contributed by atoms with Crippen LogP contribution in [0.2, 0.25) is 0 Å². The van der Waals surface area contributed by atoms with Crippen LogP contribution in [0.4, 0.5) is 17.5 Å². The minimum atomic E-state index is 0.772. The molecule has 3 heterocycles. The van der Waals surface area contributed by atoms with Gasteiger partial charge in [-0.15, -0.1) is 0 Å². The summed E-state index contributed by atoms with van der Waals surface area (Å²) in [5.41, 5.74) is 2.61. The fourth-order valence-corrected chi connectivity index (χ4v) is 3.45. The summed E-state index contributed by atoms with van der Waals surface area (Å²) in [6.45, 7) is 9.37. The molecule has 1 aromatic heterocycles. The van der Waals surface area contributed by atoms with Crippen molar-refractivity contribution in [1.82, 2.24) is 9.97 Å². The molecule has 4 rings (SSSR count). The Balaban J connectivity index is 1.42. The summed E-state index contributed by atoms with van der Waals surface area (Å²) >= 11 is 0. The molecule has 132 valence electrons. The molecule has 2 saturated heterocycles. The van der Waals surface area contributed by atoms with Gasteiger partial charge in [0, 0.05) is 51.2 Å². The molecule has 0 atom stereocenters. The maximum Gasteiger partial charge on any atom is 0.227 e. The highest BCUT2D eigenvalue weighted by atomic mass is 16.5. The van der Waals surface area contributed by atoms with Crippen LogP contribution in [0.5, 0.6) is 0 Å². The minimum absolute atomic E-state index is 0.772. The van der Waals surface area contributed by atoms with Crippen molar-refractivity contribution in [2.45, 2.75) is 6.92 Å². The first kappa shape index (κ1) is 16.1. The van der Waals surface area contributed by atoms with Gasteiger partial charge < -0.3 is 19.4 Å². The van der Waals surface area contributed by atoms with Gasteiger partial charge in [-0.1, -0.05) is 12.1 Å². The third-order valence-electron chi connectivity index (χ3n) is 4.89. The van der Waals surface area contributed by atoms with Crippen LogP contribution in [0.25, 0.3) is 0 Å². The lowest BCUT2D eigenvalue weighted by Crippen LogP contribution is -2.47. The molecule has 0 amide bonds. The van der Waals surface area contributed by atoms with Crippen LogP contribution in [-0.4, -0.2) is 62.5 Å². The van der Waals surface area contributed by atoms with Crippen LogP contribution in [-0.2, 0) is 4.74 Å². The predicted octanol–water partition coefficient (Wildman–Crippen LogP) is 1.95. The van der Waals surface area contributed by atoms with Gasteiger partial charge in [0.25, 0.3) is 0 Å². The van der Waals surface area contributed by atoms with E-state index < -0.39 is 0 Å². The molecule has 0 saturated carbocycles. The van der Waals surface area contributed by atoms with Gasteiger partial charge in [0.15, 0.2) is 0 Å². The number of hydrogen-bond acceptors (Lipinski definition) is 6. The molecule has 2 aliphatic rings. The van der Waals surface area contributed by atoms with Gasteiger partial charge in [-0.2, -0.15) is 4.98 Å². The quantitative estimate of drug-likeness (QED) is 0.852. The molecule has 0 bridgehead atoms. The average Bonchev–Trinajstić information content (AvgIpc) is 2.69. The minimum Gasteiger partial charge on any atom is -0.378 e. The highest BCUT2D eigenvalue weighted by Crippen LogP contribution is 2.21. The predicted molar refractivity (Wildman–Crippen MR) is 101 cm³/mol. The van der Waals surface area contributed by atoms with Gasteiger partial charge in [0.1, 0.15) is 5.82 Å². The standard InChI is InChI=1S/C19H25N5O/c1-16-3-2-4-17(15-16)22-7-9-24(10-8-22)19-20-6-5-18(21-19)23-11-13-25-14-12-23/h2-6,15H,7-14H2,1H3. The number of hydrogen-bond donors (Lipinski definition) is 0. The fraction of sp³-hybridized carbons (Fsp3) is 0.474. The van der Waals surface area contributed by atoms with Crippen LogP contribution in [0.1, 0.15) is 5.56 Å². The molecule has 0 radical (unpaired) electrons. The summed E-state index contributed by atoms with van der Waals surface area (Å²) in [6, 6.07) is 10.7. The van der Waals surface area contributed by atoms with E-state index in [1.165, 1.54) is 11.3 Å². The van der Waals surface area contributed by atoms with Crippen LogP contribution in [0, 0.1) is 6.92 Å². The lowest BCUT2D eigenvalue weighted by molar-refractivity contribution is 0.122. The number of ether oxygens (including phenoxy) is 1.